The summed E-state index contributed by atoms with van der Waals surface area (Å²) in [5, 5.41) is 2.79. The number of rotatable bonds is 6. The molecule has 1 N–H and O–H groups in total. The Hall–Kier alpha value is -2.14. The average Bonchev–Trinajstić information content (AvgIpc) is 2.54. The van der Waals surface area contributed by atoms with Crippen molar-refractivity contribution < 1.29 is 13.2 Å². The van der Waals surface area contributed by atoms with Crippen LogP contribution in [0.15, 0.2) is 53.4 Å². The first-order valence-electron chi connectivity index (χ1n) is 7.59. The van der Waals surface area contributed by atoms with E-state index in [4.69, 9.17) is 0 Å². The zero-order valence-electron chi connectivity index (χ0n) is 13.4. The smallest absolute Gasteiger partial charge is 0.224 e. The van der Waals surface area contributed by atoms with Crippen LogP contribution in [0.1, 0.15) is 24.5 Å². The molecule has 2 aromatic carbocycles. The van der Waals surface area contributed by atoms with Crippen LogP contribution in [-0.2, 0) is 21.1 Å². The van der Waals surface area contributed by atoms with Crippen molar-refractivity contribution in [3.05, 3.63) is 59.7 Å². The van der Waals surface area contributed by atoms with Gasteiger partial charge in [0.1, 0.15) is 0 Å². The molecule has 0 fully saturated rings. The summed E-state index contributed by atoms with van der Waals surface area (Å²) in [6.45, 7) is 3.64. The highest BCUT2D eigenvalue weighted by atomic mass is 32.2. The van der Waals surface area contributed by atoms with Gasteiger partial charge in [-0.1, -0.05) is 31.2 Å². The monoisotopic (exact) mass is 331 g/mol. The molecule has 0 saturated carbocycles. The second kappa shape index (κ2) is 7.42. The van der Waals surface area contributed by atoms with Gasteiger partial charge in [-0.15, -0.1) is 0 Å². The molecule has 0 aliphatic carbocycles. The number of sulfone groups is 1. The van der Waals surface area contributed by atoms with Crippen LogP contribution in [0.25, 0.3) is 0 Å². The highest BCUT2D eigenvalue weighted by molar-refractivity contribution is 7.91. The Kier molecular flexibility index (Phi) is 5.55. The Bertz CT molecular complexity index is 780. The molecule has 1 amide bonds. The van der Waals surface area contributed by atoms with Gasteiger partial charge in [0.2, 0.25) is 5.91 Å². The molecular weight excluding hydrogens is 310 g/mol. The summed E-state index contributed by atoms with van der Waals surface area (Å²) in [5.41, 5.74) is 2.94. The standard InChI is InChI=1S/C18H21NO3S/c1-3-23(21,22)17-11-9-16(10-12-17)19-18(20)13-8-15-7-5-4-6-14(15)2/h4-7,9-12H,3,8,13H2,1-2H3,(H,19,20). The molecular formula is C18H21NO3S. The van der Waals surface area contributed by atoms with Crippen molar-refractivity contribution in [2.75, 3.05) is 11.1 Å². The summed E-state index contributed by atoms with van der Waals surface area (Å²) < 4.78 is 23.5. The van der Waals surface area contributed by atoms with E-state index >= 15 is 0 Å². The van der Waals surface area contributed by atoms with Gasteiger partial charge in [-0.05, 0) is 48.7 Å². The number of benzene rings is 2. The molecule has 0 bridgehead atoms. The van der Waals surface area contributed by atoms with Gasteiger partial charge in [-0.3, -0.25) is 4.79 Å². The predicted octanol–water partition coefficient (Wildman–Crippen LogP) is 3.36. The van der Waals surface area contributed by atoms with Crippen molar-refractivity contribution in [3.8, 4) is 0 Å². The van der Waals surface area contributed by atoms with Gasteiger partial charge >= 0.3 is 0 Å². The summed E-state index contributed by atoms with van der Waals surface area (Å²) in [4.78, 5) is 12.3. The van der Waals surface area contributed by atoms with Crippen molar-refractivity contribution in [3.63, 3.8) is 0 Å². The van der Waals surface area contributed by atoms with Crippen LogP contribution in [0, 0.1) is 6.92 Å². The highest BCUT2D eigenvalue weighted by Crippen LogP contribution is 2.16. The Morgan fingerprint density at radius 2 is 1.70 bits per heavy atom. The van der Waals surface area contributed by atoms with Crippen LogP contribution in [0.4, 0.5) is 5.69 Å². The van der Waals surface area contributed by atoms with Gasteiger partial charge in [0, 0.05) is 12.1 Å². The van der Waals surface area contributed by atoms with E-state index in [0.29, 0.717) is 18.5 Å². The fourth-order valence-corrected chi connectivity index (χ4v) is 3.16. The minimum atomic E-state index is -3.21. The van der Waals surface area contributed by atoms with Gasteiger partial charge in [-0.2, -0.15) is 0 Å². The topological polar surface area (TPSA) is 63.2 Å². The molecule has 23 heavy (non-hydrogen) atoms. The number of hydrogen-bond donors (Lipinski definition) is 1. The Morgan fingerprint density at radius 1 is 1.04 bits per heavy atom. The number of hydrogen-bond acceptors (Lipinski definition) is 3. The number of nitrogens with one attached hydrogen (secondary N) is 1. The Balaban J connectivity index is 1.94. The molecule has 0 radical (unpaired) electrons. The van der Waals surface area contributed by atoms with Crippen molar-refractivity contribution in [2.24, 2.45) is 0 Å². The van der Waals surface area contributed by atoms with Crippen LogP contribution in [0.3, 0.4) is 0 Å². The highest BCUT2D eigenvalue weighted by Gasteiger charge is 2.11. The Morgan fingerprint density at radius 3 is 2.30 bits per heavy atom. The second-order valence-corrected chi connectivity index (χ2v) is 7.68. The lowest BCUT2D eigenvalue weighted by Crippen LogP contribution is -2.13. The molecule has 0 unspecified atom stereocenters. The lowest BCUT2D eigenvalue weighted by atomic mass is 10.0. The number of carbonyl (C=O) groups is 1. The number of amides is 1. The summed E-state index contributed by atoms with van der Waals surface area (Å²) in [6, 6.07) is 14.3. The van der Waals surface area contributed by atoms with Crippen molar-refractivity contribution >= 4 is 21.4 Å². The van der Waals surface area contributed by atoms with Crippen LogP contribution in [0.2, 0.25) is 0 Å². The molecule has 122 valence electrons. The van der Waals surface area contributed by atoms with E-state index < -0.39 is 9.84 Å². The van der Waals surface area contributed by atoms with Crippen LogP contribution in [0.5, 0.6) is 0 Å². The maximum Gasteiger partial charge on any atom is 0.224 e. The fraction of sp³-hybridized carbons (Fsp3) is 0.278. The molecule has 5 heteroatoms. The minimum absolute atomic E-state index is 0.0646. The normalized spacial score (nSPS) is 11.2. The van der Waals surface area contributed by atoms with E-state index in [2.05, 4.69) is 5.32 Å². The number of carbonyl (C=O) groups excluding carboxylic acids is 1. The second-order valence-electron chi connectivity index (χ2n) is 5.40. The first kappa shape index (κ1) is 17.2. The van der Waals surface area contributed by atoms with E-state index in [0.717, 1.165) is 5.56 Å². The van der Waals surface area contributed by atoms with E-state index in [-0.39, 0.29) is 16.6 Å². The minimum Gasteiger partial charge on any atom is -0.326 e. The van der Waals surface area contributed by atoms with Crippen molar-refractivity contribution in [2.45, 2.75) is 31.6 Å². The maximum atomic E-state index is 12.0. The Labute approximate surface area is 137 Å². The van der Waals surface area contributed by atoms with Gasteiger partial charge < -0.3 is 5.32 Å². The molecule has 2 aromatic rings. The average molecular weight is 331 g/mol. The third-order valence-corrected chi connectivity index (χ3v) is 5.51. The molecule has 0 saturated heterocycles. The molecule has 2 rings (SSSR count). The largest absolute Gasteiger partial charge is 0.326 e. The summed E-state index contributed by atoms with van der Waals surface area (Å²) in [6.07, 6.45) is 1.07. The third kappa shape index (κ3) is 4.66. The van der Waals surface area contributed by atoms with Gasteiger partial charge in [0.15, 0.2) is 9.84 Å². The van der Waals surface area contributed by atoms with Crippen LogP contribution in [-0.4, -0.2) is 20.1 Å². The number of anilines is 1. The van der Waals surface area contributed by atoms with Crippen LogP contribution >= 0.6 is 0 Å². The summed E-state index contributed by atoms with van der Waals surface area (Å²) in [7, 11) is -3.21. The lowest BCUT2D eigenvalue weighted by Gasteiger charge is -2.08. The molecule has 0 aromatic heterocycles. The maximum absolute atomic E-state index is 12.0. The molecule has 4 nitrogen and oxygen atoms in total. The van der Waals surface area contributed by atoms with Gasteiger partial charge in [0.05, 0.1) is 10.6 Å². The SMILES string of the molecule is CCS(=O)(=O)c1ccc(NC(=O)CCc2ccccc2C)cc1. The quantitative estimate of drug-likeness (QED) is 0.883. The zero-order valence-corrected chi connectivity index (χ0v) is 14.2. The van der Waals surface area contributed by atoms with E-state index in [1.165, 1.54) is 17.7 Å². The van der Waals surface area contributed by atoms with E-state index in [1.54, 1.807) is 19.1 Å². The third-order valence-electron chi connectivity index (χ3n) is 3.76. The van der Waals surface area contributed by atoms with Crippen molar-refractivity contribution in [1.82, 2.24) is 0 Å². The van der Waals surface area contributed by atoms with E-state index in [9.17, 15) is 13.2 Å². The van der Waals surface area contributed by atoms with Crippen molar-refractivity contribution in [1.29, 1.82) is 0 Å². The van der Waals surface area contributed by atoms with Crippen LogP contribution < -0.4 is 5.32 Å². The summed E-state index contributed by atoms with van der Waals surface area (Å²) >= 11 is 0. The van der Waals surface area contributed by atoms with E-state index in [1.807, 2.05) is 31.2 Å². The number of aryl methyl sites for hydroxylation is 2. The first-order chi connectivity index (χ1) is 10.9. The molecule has 0 spiro atoms. The predicted molar refractivity (Wildman–Crippen MR) is 92.3 cm³/mol. The molecule has 0 aliphatic heterocycles. The lowest BCUT2D eigenvalue weighted by molar-refractivity contribution is -0.116. The molecule has 0 heterocycles. The first-order valence-corrected chi connectivity index (χ1v) is 9.25. The molecule has 0 aliphatic rings. The molecule has 0 atom stereocenters. The fourth-order valence-electron chi connectivity index (χ4n) is 2.27. The zero-order chi connectivity index (χ0) is 16.9. The van der Waals surface area contributed by atoms with Gasteiger partial charge in [0.25, 0.3) is 0 Å². The summed E-state index contributed by atoms with van der Waals surface area (Å²) in [5.74, 6) is -0.0193. The van der Waals surface area contributed by atoms with Gasteiger partial charge in [-0.25, -0.2) is 8.42 Å².